The Labute approximate surface area is 127 Å². The van der Waals surface area contributed by atoms with E-state index in [2.05, 4.69) is 4.98 Å². The number of fused-ring (bicyclic) bond motifs is 1. The van der Waals surface area contributed by atoms with Crippen molar-refractivity contribution < 1.29 is 9.72 Å². The number of hydrogen-bond donors (Lipinski definition) is 0. The van der Waals surface area contributed by atoms with E-state index >= 15 is 0 Å². The molecule has 2 heterocycles. The first-order valence-corrected chi connectivity index (χ1v) is 7.01. The predicted octanol–water partition coefficient (Wildman–Crippen LogP) is 2.89. The van der Waals surface area contributed by atoms with Crippen molar-refractivity contribution in [3.63, 3.8) is 0 Å². The lowest BCUT2D eigenvalue weighted by Crippen LogP contribution is -2.35. The van der Waals surface area contributed by atoms with Gasteiger partial charge in [-0.1, -0.05) is 0 Å². The topological polar surface area (TPSA) is 76.3 Å². The summed E-state index contributed by atoms with van der Waals surface area (Å²) >= 11 is 0. The maximum absolute atomic E-state index is 12.7. The highest BCUT2D eigenvalue weighted by atomic mass is 16.6. The molecule has 0 radical (unpaired) electrons. The van der Waals surface area contributed by atoms with Gasteiger partial charge in [-0.05, 0) is 44.0 Å². The molecule has 1 atom stereocenters. The Balaban J connectivity index is 1.98. The van der Waals surface area contributed by atoms with E-state index in [-0.39, 0.29) is 17.6 Å². The zero-order valence-electron chi connectivity index (χ0n) is 12.3. The number of hydrogen-bond acceptors (Lipinski definition) is 4. The number of nitrogens with zero attached hydrogens (tertiary/aromatic N) is 3. The fourth-order valence-electron chi connectivity index (χ4n) is 2.77. The highest BCUT2D eigenvalue weighted by Gasteiger charge is 2.32. The highest BCUT2D eigenvalue weighted by molar-refractivity contribution is 6.07. The van der Waals surface area contributed by atoms with Crippen LogP contribution < -0.4 is 4.90 Å². The normalized spacial score (nSPS) is 16.5. The van der Waals surface area contributed by atoms with Crippen LogP contribution in [0.3, 0.4) is 0 Å². The molecule has 0 saturated carbocycles. The van der Waals surface area contributed by atoms with Crippen LogP contribution in [0.25, 0.3) is 0 Å². The van der Waals surface area contributed by atoms with Gasteiger partial charge in [-0.2, -0.15) is 0 Å². The third-order valence-electron chi connectivity index (χ3n) is 3.87. The first kappa shape index (κ1) is 14.2. The molecule has 3 rings (SSSR count). The minimum atomic E-state index is -0.417. The quantitative estimate of drug-likeness (QED) is 0.631. The van der Waals surface area contributed by atoms with Gasteiger partial charge in [-0.15, -0.1) is 0 Å². The number of rotatable bonds is 2. The SMILES string of the molecule is Cc1ccc(C(=O)N2c3ccc([N+](=O)[O-])cc3CC2C)cn1. The van der Waals surface area contributed by atoms with Crippen LogP contribution >= 0.6 is 0 Å². The summed E-state index contributed by atoms with van der Waals surface area (Å²) in [5, 5.41) is 10.9. The summed E-state index contributed by atoms with van der Waals surface area (Å²) in [6, 6.07) is 8.14. The molecule has 1 unspecified atom stereocenters. The zero-order valence-corrected chi connectivity index (χ0v) is 12.3. The Morgan fingerprint density at radius 2 is 2.14 bits per heavy atom. The van der Waals surface area contributed by atoms with E-state index in [9.17, 15) is 14.9 Å². The van der Waals surface area contributed by atoms with Gasteiger partial charge in [-0.25, -0.2) is 0 Å². The molecule has 0 N–H and O–H groups in total. The van der Waals surface area contributed by atoms with Crippen molar-refractivity contribution >= 4 is 17.3 Å². The van der Waals surface area contributed by atoms with Crippen LogP contribution in [0.4, 0.5) is 11.4 Å². The molecule has 1 amide bonds. The van der Waals surface area contributed by atoms with E-state index in [0.717, 1.165) is 16.9 Å². The first-order valence-electron chi connectivity index (χ1n) is 7.01. The zero-order chi connectivity index (χ0) is 15.9. The molecule has 0 spiro atoms. The second kappa shape index (κ2) is 5.22. The third-order valence-corrected chi connectivity index (χ3v) is 3.87. The molecule has 22 heavy (non-hydrogen) atoms. The lowest BCUT2D eigenvalue weighted by atomic mass is 10.1. The molecule has 0 fully saturated rings. The van der Waals surface area contributed by atoms with E-state index in [1.807, 2.05) is 13.8 Å². The molecule has 1 aliphatic rings. The number of carbonyl (C=O) groups excluding carboxylic acids is 1. The van der Waals surface area contributed by atoms with Crippen LogP contribution in [0, 0.1) is 17.0 Å². The molecular formula is C16H15N3O3. The van der Waals surface area contributed by atoms with Gasteiger partial charge in [0.2, 0.25) is 0 Å². The first-order chi connectivity index (χ1) is 10.5. The smallest absolute Gasteiger partial charge is 0.269 e. The monoisotopic (exact) mass is 297 g/mol. The molecule has 1 aliphatic heterocycles. The minimum Gasteiger partial charge on any atom is -0.305 e. The van der Waals surface area contributed by atoms with Crippen LogP contribution in [-0.2, 0) is 6.42 Å². The van der Waals surface area contributed by atoms with E-state index in [1.54, 1.807) is 35.4 Å². The summed E-state index contributed by atoms with van der Waals surface area (Å²) < 4.78 is 0. The van der Waals surface area contributed by atoms with E-state index in [4.69, 9.17) is 0 Å². The van der Waals surface area contributed by atoms with Crippen molar-refractivity contribution in [3.05, 3.63) is 63.5 Å². The van der Waals surface area contributed by atoms with Crippen molar-refractivity contribution in [2.75, 3.05) is 4.90 Å². The maximum Gasteiger partial charge on any atom is 0.269 e. The van der Waals surface area contributed by atoms with Crippen LogP contribution in [0.1, 0.15) is 28.5 Å². The lowest BCUT2D eigenvalue weighted by molar-refractivity contribution is -0.384. The van der Waals surface area contributed by atoms with Crippen LogP contribution in [0.2, 0.25) is 0 Å². The third kappa shape index (κ3) is 2.32. The van der Waals surface area contributed by atoms with Gasteiger partial charge in [0.1, 0.15) is 0 Å². The Morgan fingerprint density at radius 3 is 2.77 bits per heavy atom. The van der Waals surface area contributed by atoms with Gasteiger partial charge >= 0.3 is 0 Å². The number of aromatic nitrogens is 1. The van der Waals surface area contributed by atoms with Gasteiger partial charge in [0.05, 0.1) is 10.5 Å². The van der Waals surface area contributed by atoms with E-state index in [1.165, 1.54) is 6.07 Å². The number of amides is 1. The molecule has 1 aromatic carbocycles. The average Bonchev–Trinajstić information content (AvgIpc) is 2.82. The molecule has 6 heteroatoms. The Bertz CT molecular complexity index is 756. The number of pyridine rings is 1. The van der Waals surface area contributed by atoms with Crippen molar-refractivity contribution in [3.8, 4) is 0 Å². The van der Waals surface area contributed by atoms with Crippen LogP contribution in [-0.4, -0.2) is 21.9 Å². The second-order valence-electron chi connectivity index (χ2n) is 5.49. The number of aryl methyl sites for hydroxylation is 1. The summed E-state index contributed by atoms with van der Waals surface area (Å²) in [4.78, 5) is 29.0. The molecule has 0 bridgehead atoms. The standard InChI is InChI=1S/C16H15N3O3/c1-10-3-4-12(9-17-10)16(20)18-11(2)7-13-8-14(19(21)22)5-6-15(13)18/h3-6,8-9,11H,7H2,1-2H3. The number of anilines is 1. The average molecular weight is 297 g/mol. The van der Waals surface area contributed by atoms with Gasteiger partial charge in [-0.3, -0.25) is 19.9 Å². The Kier molecular flexibility index (Phi) is 3.36. The van der Waals surface area contributed by atoms with Gasteiger partial charge in [0, 0.05) is 35.8 Å². The van der Waals surface area contributed by atoms with Gasteiger partial charge < -0.3 is 4.90 Å². The predicted molar refractivity (Wildman–Crippen MR) is 82.0 cm³/mol. The molecule has 1 aromatic heterocycles. The van der Waals surface area contributed by atoms with Gasteiger partial charge in [0.15, 0.2) is 0 Å². The minimum absolute atomic E-state index is 0.0363. The lowest BCUT2D eigenvalue weighted by Gasteiger charge is -2.22. The number of nitro benzene ring substituents is 1. The number of carbonyl (C=O) groups is 1. The van der Waals surface area contributed by atoms with Crippen molar-refractivity contribution in [2.45, 2.75) is 26.3 Å². The summed E-state index contributed by atoms with van der Waals surface area (Å²) in [6.07, 6.45) is 2.18. The largest absolute Gasteiger partial charge is 0.305 e. The highest BCUT2D eigenvalue weighted by Crippen LogP contribution is 2.35. The van der Waals surface area contributed by atoms with Crippen molar-refractivity contribution in [1.82, 2.24) is 4.98 Å². The summed E-state index contributed by atoms with van der Waals surface area (Å²) in [5.41, 5.74) is 2.99. The second-order valence-corrected chi connectivity index (χ2v) is 5.49. The molecule has 112 valence electrons. The summed E-state index contributed by atoms with van der Waals surface area (Å²) in [5.74, 6) is -0.132. The molecule has 0 aliphatic carbocycles. The van der Waals surface area contributed by atoms with Crippen molar-refractivity contribution in [1.29, 1.82) is 0 Å². The fourth-order valence-corrected chi connectivity index (χ4v) is 2.77. The van der Waals surface area contributed by atoms with E-state index < -0.39 is 4.92 Å². The number of non-ortho nitro benzene ring substituents is 1. The summed E-state index contributed by atoms with van der Waals surface area (Å²) in [6.45, 7) is 3.80. The Morgan fingerprint density at radius 1 is 1.36 bits per heavy atom. The summed E-state index contributed by atoms with van der Waals surface area (Å²) in [7, 11) is 0. The molecule has 6 nitrogen and oxygen atoms in total. The molecular weight excluding hydrogens is 282 g/mol. The van der Waals surface area contributed by atoms with E-state index in [0.29, 0.717) is 12.0 Å². The van der Waals surface area contributed by atoms with Crippen molar-refractivity contribution in [2.24, 2.45) is 0 Å². The molecule has 2 aromatic rings. The van der Waals surface area contributed by atoms with Crippen LogP contribution in [0.5, 0.6) is 0 Å². The Hall–Kier alpha value is -2.76. The van der Waals surface area contributed by atoms with Gasteiger partial charge in [0.25, 0.3) is 11.6 Å². The molecule has 0 saturated heterocycles. The number of benzene rings is 1. The number of nitro groups is 1. The fraction of sp³-hybridized carbons (Fsp3) is 0.250. The maximum atomic E-state index is 12.7. The van der Waals surface area contributed by atoms with Crippen LogP contribution in [0.15, 0.2) is 36.5 Å².